The lowest BCUT2D eigenvalue weighted by molar-refractivity contribution is -0.135. The van der Waals surface area contributed by atoms with Gasteiger partial charge in [0.1, 0.15) is 0 Å². The van der Waals surface area contributed by atoms with Crippen LogP contribution in [0.15, 0.2) is 48.5 Å². The molecule has 0 aliphatic heterocycles. The summed E-state index contributed by atoms with van der Waals surface area (Å²) in [6.07, 6.45) is 5.58. The van der Waals surface area contributed by atoms with Crippen LogP contribution in [0.4, 0.5) is 0 Å². The maximum Gasteiger partial charge on any atom is 0.315 e. The summed E-state index contributed by atoms with van der Waals surface area (Å²) in [4.78, 5) is 25.8. The molecule has 0 heterocycles. The van der Waals surface area contributed by atoms with Crippen LogP contribution in [0.2, 0.25) is 0 Å². The van der Waals surface area contributed by atoms with Gasteiger partial charge in [0.05, 0.1) is 20.6 Å². The Labute approximate surface area is 219 Å². The molecule has 0 unspecified atom stereocenters. The number of carbonyl (C=O) groups excluding carboxylic acids is 2. The van der Waals surface area contributed by atoms with Gasteiger partial charge in [-0.05, 0) is 29.5 Å². The topological polar surface area (TPSA) is 71.1 Å². The normalized spacial score (nSPS) is 11.0. The van der Waals surface area contributed by atoms with Crippen molar-refractivity contribution in [2.75, 3.05) is 14.2 Å². The molecule has 6 nitrogen and oxygen atoms in total. The molecule has 0 atom stereocenters. The van der Waals surface area contributed by atoms with E-state index in [2.05, 4.69) is 20.8 Å². The zero-order valence-electron chi connectivity index (χ0n) is 22.6. The summed E-state index contributed by atoms with van der Waals surface area (Å²) >= 11 is 0. The molecule has 0 saturated carbocycles. The van der Waals surface area contributed by atoms with E-state index in [0.29, 0.717) is 17.2 Å². The van der Waals surface area contributed by atoms with E-state index < -0.39 is 5.97 Å². The number of hydrogen-bond donors (Lipinski definition) is 0. The highest BCUT2D eigenvalue weighted by atomic mass is 16.6. The molecule has 0 spiro atoms. The largest absolute Gasteiger partial charge is 0.490 e. The van der Waals surface area contributed by atoms with Crippen molar-refractivity contribution in [2.45, 2.75) is 71.6 Å². The van der Waals surface area contributed by atoms with Crippen LogP contribution in [0, 0.1) is 0 Å². The Morgan fingerprint density at radius 2 is 1.35 bits per heavy atom. The van der Waals surface area contributed by atoms with Crippen molar-refractivity contribution >= 4 is 22.7 Å². The smallest absolute Gasteiger partial charge is 0.315 e. The average molecular weight is 507 g/mol. The maximum absolute atomic E-state index is 12.9. The van der Waals surface area contributed by atoms with Gasteiger partial charge < -0.3 is 18.9 Å². The highest BCUT2D eigenvalue weighted by Crippen LogP contribution is 2.51. The molecule has 0 N–H and O–H groups in total. The van der Waals surface area contributed by atoms with Gasteiger partial charge in [-0.25, -0.2) is 0 Å². The van der Waals surface area contributed by atoms with Gasteiger partial charge in [0, 0.05) is 17.2 Å². The molecule has 0 saturated heterocycles. The summed E-state index contributed by atoms with van der Waals surface area (Å²) in [6, 6.07) is 15.2. The van der Waals surface area contributed by atoms with Crippen LogP contribution in [0.3, 0.4) is 0 Å². The lowest BCUT2D eigenvalue weighted by Gasteiger charge is -2.20. The van der Waals surface area contributed by atoms with E-state index in [1.54, 1.807) is 0 Å². The second kappa shape index (κ2) is 13.7. The molecule has 3 aromatic rings. The molecular formula is C31H38O6. The number of fused-ring (bicyclic) bond motifs is 1. The van der Waals surface area contributed by atoms with Crippen LogP contribution in [-0.2, 0) is 16.0 Å². The minimum absolute atomic E-state index is 0.104. The first kappa shape index (κ1) is 28.0. The van der Waals surface area contributed by atoms with Gasteiger partial charge in [0.25, 0.3) is 0 Å². The summed E-state index contributed by atoms with van der Waals surface area (Å²) < 4.78 is 23.1. The third kappa shape index (κ3) is 7.25. The molecule has 198 valence electrons. The lowest BCUT2D eigenvalue weighted by atomic mass is 9.97. The molecule has 0 amide bonds. The van der Waals surface area contributed by atoms with Gasteiger partial charge in [0.2, 0.25) is 11.5 Å². The number of rotatable bonds is 13. The van der Waals surface area contributed by atoms with E-state index in [9.17, 15) is 9.59 Å². The molecule has 3 aromatic carbocycles. The number of ether oxygens (including phenoxy) is 4. The Kier molecular flexibility index (Phi) is 10.4. The second-order valence-electron chi connectivity index (χ2n) is 9.46. The van der Waals surface area contributed by atoms with Gasteiger partial charge >= 0.3 is 11.9 Å². The minimum Gasteiger partial charge on any atom is -0.490 e. The standard InChI is InChI=1S/C31H38O6/c1-6-7-8-9-13-16-26(32)36-29-25-20-23(21(2)3)17-18-24(25)28(30(34-4)31(29)35-5)37-27(33)19-22-14-11-10-12-15-22/h10-12,14-15,17-18,20-21H,6-9,13,16,19H2,1-5H3. The molecule has 37 heavy (non-hydrogen) atoms. The molecule has 0 bridgehead atoms. The molecule has 3 rings (SSSR count). The maximum atomic E-state index is 12.9. The fourth-order valence-corrected chi connectivity index (χ4v) is 4.28. The average Bonchev–Trinajstić information content (AvgIpc) is 2.89. The molecule has 6 heteroatoms. The number of unbranched alkanes of at least 4 members (excludes halogenated alkanes) is 4. The van der Waals surface area contributed by atoms with Crippen LogP contribution in [-0.4, -0.2) is 26.2 Å². The Bertz CT molecular complexity index is 1200. The zero-order valence-corrected chi connectivity index (χ0v) is 22.6. The molecular weight excluding hydrogens is 468 g/mol. The van der Waals surface area contributed by atoms with E-state index in [1.165, 1.54) is 14.2 Å². The molecule has 0 aliphatic carbocycles. The van der Waals surface area contributed by atoms with Crippen molar-refractivity contribution in [1.29, 1.82) is 0 Å². The number of methoxy groups -OCH3 is 2. The van der Waals surface area contributed by atoms with E-state index >= 15 is 0 Å². The Hall–Kier alpha value is -3.54. The molecule has 0 radical (unpaired) electrons. The fourth-order valence-electron chi connectivity index (χ4n) is 4.28. The third-order valence-corrected chi connectivity index (χ3v) is 6.33. The highest BCUT2D eigenvalue weighted by molar-refractivity contribution is 6.01. The quantitative estimate of drug-likeness (QED) is 0.137. The number of esters is 2. The SMILES string of the molecule is CCCCCCCC(=O)Oc1c(OC)c(OC)c(OC(=O)Cc2ccccc2)c2ccc(C(C)C)cc12. The summed E-state index contributed by atoms with van der Waals surface area (Å²) in [5.41, 5.74) is 1.90. The number of benzene rings is 3. The first-order valence-corrected chi connectivity index (χ1v) is 13.1. The van der Waals surface area contributed by atoms with Crippen molar-refractivity contribution in [3.05, 3.63) is 59.7 Å². The van der Waals surface area contributed by atoms with Crippen LogP contribution >= 0.6 is 0 Å². The molecule has 0 aliphatic rings. The van der Waals surface area contributed by atoms with Crippen molar-refractivity contribution in [1.82, 2.24) is 0 Å². The van der Waals surface area contributed by atoms with E-state index in [0.717, 1.165) is 43.2 Å². The van der Waals surface area contributed by atoms with E-state index in [-0.39, 0.29) is 41.3 Å². The van der Waals surface area contributed by atoms with E-state index in [1.807, 2.05) is 48.5 Å². The van der Waals surface area contributed by atoms with Gasteiger partial charge in [-0.2, -0.15) is 0 Å². The number of hydrogen-bond acceptors (Lipinski definition) is 6. The van der Waals surface area contributed by atoms with Gasteiger partial charge in [0.15, 0.2) is 11.5 Å². The van der Waals surface area contributed by atoms with Crippen LogP contribution in [0.5, 0.6) is 23.0 Å². The van der Waals surface area contributed by atoms with Gasteiger partial charge in [-0.15, -0.1) is 0 Å². The fraction of sp³-hybridized carbons (Fsp3) is 0.419. The first-order chi connectivity index (χ1) is 17.9. The van der Waals surface area contributed by atoms with Crippen molar-refractivity contribution in [3.63, 3.8) is 0 Å². The zero-order chi connectivity index (χ0) is 26.8. The first-order valence-electron chi connectivity index (χ1n) is 13.1. The summed E-state index contributed by atoms with van der Waals surface area (Å²) in [7, 11) is 2.95. The highest BCUT2D eigenvalue weighted by Gasteiger charge is 2.27. The summed E-state index contributed by atoms with van der Waals surface area (Å²) in [6.45, 7) is 6.34. The second-order valence-corrected chi connectivity index (χ2v) is 9.46. The van der Waals surface area contributed by atoms with Crippen molar-refractivity contribution < 1.29 is 28.5 Å². The predicted octanol–water partition coefficient (Wildman–Crippen LogP) is 7.39. The summed E-state index contributed by atoms with van der Waals surface area (Å²) in [5, 5.41) is 1.24. The minimum atomic E-state index is -0.433. The van der Waals surface area contributed by atoms with Crippen LogP contribution in [0.1, 0.15) is 76.3 Å². The van der Waals surface area contributed by atoms with Gasteiger partial charge in [-0.1, -0.05) is 88.9 Å². The Morgan fingerprint density at radius 3 is 1.97 bits per heavy atom. The van der Waals surface area contributed by atoms with E-state index in [4.69, 9.17) is 18.9 Å². The van der Waals surface area contributed by atoms with Gasteiger partial charge in [-0.3, -0.25) is 9.59 Å². The van der Waals surface area contributed by atoms with Crippen molar-refractivity contribution in [2.24, 2.45) is 0 Å². The Morgan fingerprint density at radius 1 is 0.730 bits per heavy atom. The van der Waals surface area contributed by atoms with Crippen molar-refractivity contribution in [3.8, 4) is 23.0 Å². The molecule has 0 fully saturated rings. The number of carbonyl (C=O) groups is 2. The third-order valence-electron chi connectivity index (χ3n) is 6.33. The monoisotopic (exact) mass is 506 g/mol. The summed E-state index contributed by atoms with van der Waals surface area (Å²) in [5.74, 6) is 0.420. The Balaban J connectivity index is 2.02. The lowest BCUT2D eigenvalue weighted by Crippen LogP contribution is -2.14. The van der Waals surface area contributed by atoms with Crippen LogP contribution < -0.4 is 18.9 Å². The van der Waals surface area contributed by atoms with Crippen LogP contribution in [0.25, 0.3) is 10.8 Å². The predicted molar refractivity (Wildman–Crippen MR) is 146 cm³/mol. The molecule has 0 aromatic heterocycles.